The summed E-state index contributed by atoms with van der Waals surface area (Å²) in [6.07, 6.45) is 4.06. The monoisotopic (exact) mass is 441 g/mol. The van der Waals surface area contributed by atoms with Crippen molar-refractivity contribution in [3.8, 4) is 11.8 Å². The summed E-state index contributed by atoms with van der Waals surface area (Å²) >= 11 is 0. The zero-order valence-corrected chi connectivity index (χ0v) is 18.6. The molecule has 0 amide bonds. The lowest BCUT2D eigenvalue weighted by Crippen LogP contribution is -2.35. The minimum absolute atomic E-state index is 0.0897. The SMILES string of the molecule is CC1=C(C(=O)O)C(C#Cc2ccccc2)C(C(=O)OCc2ccccc2)=C(C2CCCC2)N1. The summed E-state index contributed by atoms with van der Waals surface area (Å²) in [4.78, 5) is 25.7. The maximum absolute atomic E-state index is 13.4. The van der Waals surface area contributed by atoms with Gasteiger partial charge in [0.2, 0.25) is 0 Å². The molecule has 2 aliphatic rings. The number of ether oxygens (including phenoxy) is 1. The number of carboxylic acid groups (broad SMARTS) is 1. The summed E-state index contributed by atoms with van der Waals surface area (Å²) in [7, 11) is 0. The van der Waals surface area contributed by atoms with Crippen LogP contribution < -0.4 is 5.32 Å². The van der Waals surface area contributed by atoms with Crippen molar-refractivity contribution in [2.75, 3.05) is 0 Å². The predicted octanol–water partition coefficient (Wildman–Crippen LogP) is 4.80. The number of aliphatic carboxylic acids is 1. The number of esters is 1. The predicted molar refractivity (Wildman–Crippen MR) is 126 cm³/mol. The highest BCUT2D eigenvalue weighted by Gasteiger charge is 2.39. The van der Waals surface area contributed by atoms with E-state index in [9.17, 15) is 14.7 Å². The first-order valence-corrected chi connectivity index (χ1v) is 11.3. The normalized spacial score (nSPS) is 18.4. The number of rotatable bonds is 5. The quantitative estimate of drug-likeness (QED) is 0.515. The molecule has 1 unspecified atom stereocenters. The van der Waals surface area contributed by atoms with Crippen LogP contribution in [0.2, 0.25) is 0 Å². The van der Waals surface area contributed by atoms with Crippen molar-refractivity contribution >= 4 is 11.9 Å². The lowest BCUT2D eigenvalue weighted by molar-refractivity contribution is -0.140. The highest BCUT2D eigenvalue weighted by molar-refractivity contribution is 5.98. The van der Waals surface area contributed by atoms with Gasteiger partial charge in [-0.15, -0.1) is 0 Å². The second kappa shape index (κ2) is 10.2. The Morgan fingerprint density at radius 3 is 2.27 bits per heavy atom. The molecule has 1 saturated carbocycles. The number of allylic oxidation sites excluding steroid dienone is 2. The van der Waals surface area contributed by atoms with Crippen LogP contribution in [0.5, 0.6) is 0 Å². The van der Waals surface area contributed by atoms with Crippen molar-refractivity contribution in [2.24, 2.45) is 11.8 Å². The molecule has 4 rings (SSSR count). The second-order valence-electron chi connectivity index (χ2n) is 8.41. The maximum Gasteiger partial charge on any atom is 0.337 e. The van der Waals surface area contributed by atoms with Gasteiger partial charge in [0.05, 0.1) is 17.1 Å². The van der Waals surface area contributed by atoms with Gasteiger partial charge in [-0.2, -0.15) is 0 Å². The molecule has 2 aromatic rings. The summed E-state index contributed by atoms with van der Waals surface area (Å²) in [5.74, 6) is 3.84. The van der Waals surface area contributed by atoms with E-state index in [4.69, 9.17) is 4.74 Å². The third-order valence-corrected chi connectivity index (χ3v) is 6.15. The highest BCUT2D eigenvalue weighted by atomic mass is 16.5. The van der Waals surface area contributed by atoms with E-state index < -0.39 is 17.9 Å². The zero-order valence-electron chi connectivity index (χ0n) is 18.6. The Balaban J connectivity index is 1.75. The van der Waals surface area contributed by atoms with Gasteiger partial charge in [-0.05, 0) is 43.4 Å². The van der Waals surface area contributed by atoms with E-state index >= 15 is 0 Å². The number of carbonyl (C=O) groups excluding carboxylic acids is 1. The van der Waals surface area contributed by atoms with Crippen LogP contribution >= 0.6 is 0 Å². The van der Waals surface area contributed by atoms with Crippen LogP contribution in [-0.4, -0.2) is 17.0 Å². The lowest BCUT2D eigenvalue weighted by atomic mass is 9.82. The van der Waals surface area contributed by atoms with Gasteiger partial charge in [0, 0.05) is 17.0 Å². The molecule has 168 valence electrons. The Morgan fingerprint density at radius 2 is 1.64 bits per heavy atom. The topological polar surface area (TPSA) is 75.6 Å². The molecule has 0 bridgehead atoms. The molecule has 0 aromatic heterocycles. The van der Waals surface area contributed by atoms with E-state index in [2.05, 4.69) is 17.2 Å². The minimum atomic E-state index is -1.09. The van der Waals surface area contributed by atoms with Crippen molar-refractivity contribution in [3.05, 3.63) is 94.3 Å². The van der Waals surface area contributed by atoms with Crippen LogP contribution in [0.25, 0.3) is 0 Å². The average molecular weight is 442 g/mol. The van der Waals surface area contributed by atoms with Gasteiger partial charge in [0.15, 0.2) is 0 Å². The van der Waals surface area contributed by atoms with Crippen molar-refractivity contribution in [2.45, 2.75) is 39.2 Å². The van der Waals surface area contributed by atoms with Crippen molar-refractivity contribution in [1.82, 2.24) is 5.32 Å². The largest absolute Gasteiger partial charge is 0.478 e. The van der Waals surface area contributed by atoms with E-state index in [1.54, 1.807) is 6.92 Å². The first-order chi connectivity index (χ1) is 16.0. The smallest absolute Gasteiger partial charge is 0.337 e. The third kappa shape index (κ3) is 5.18. The third-order valence-electron chi connectivity index (χ3n) is 6.15. The molecule has 1 fully saturated rings. The van der Waals surface area contributed by atoms with Crippen molar-refractivity contribution in [1.29, 1.82) is 0 Å². The van der Waals surface area contributed by atoms with Crippen LogP contribution in [0.3, 0.4) is 0 Å². The van der Waals surface area contributed by atoms with Crippen LogP contribution in [0.1, 0.15) is 43.7 Å². The standard InChI is InChI=1S/C28H27NO4/c1-19-24(27(30)31)23(17-16-20-10-4-2-5-11-20)25(26(29-19)22-14-8-9-15-22)28(32)33-18-21-12-6-3-7-13-21/h2-7,10-13,22-23,29H,8-9,14-15,18H2,1H3,(H,30,31). The molecule has 1 heterocycles. The first kappa shape index (κ1) is 22.4. The molecular weight excluding hydrogens is 414 g/mol. The Morgan fingerprint density at radius 1 is 1.00 bits per heavy atom. The zero-order chi connectivity index (χ0) is 23.2. The Hall–Kier alpha value is -3.78. The fraction of sp³-hybridized carbons (Fsp3) is 0.286. The molecule has 0 spiro atoms. The van der Waals surface area contributed by atoms with Gasteiger partial charge in [-0.3, -0.25) is 0 Å². The van der Waals surface area contributed by atoms with Gasteiger partial charge in [0.1, 0.15) is 6.61 Å². The fourth-order valence-electron chi connectivity index (χ4n) is 4.52. The summed E-state index contributed by atoms with van der Waals surface area (Å²) in [6, 6.07) is 18.8. The molecule has 0 saturated heterocycles. The molecular formula is C28H27NO4. The van der Waals surface area contributed by atoms with Gasteiger partial charge in [0.25, 0.3) is 0 Å². The number of hydrogen-bond donors (Lipinski definition) is 2. The van der Waals surface area contributed by atoms with E-state index in [1.807, 2.05) is 60.7 Å². The van der Waals surface area contributed by atoms with E-state index in [0.717, 1.165) is 42.5 Å². The van der Waals surface area contributed by atoms with Crippen LogP contribution in [0, 0.1) is 23.7 Å². The Bertz CT molecular complexity index is 1150. The molecule has 1 atom stereocenters. The van der Waals surface area contributed by atoms with Crippen molar-refractivity contribution in [3.63, 3.8) is 0 Å². The number of nitrogens with one attached hydrogen (secondary N) is 1. The maximum atomic E-state index is 13.4. The number of carboxylic acids is 1. The molecule has 33 heavy (non-hydrogen) atoms. The van der Waals surface area contributed by atoms with Gasteiger partial charge >= 0.3 is 11.9 Å². The Kier molecular flexibility index (Phi) is 6.95. The van der Waals surface area contributed by atoms with Gasteiger partial charge in [-0.1, -0.05) is 73.2 Å². The average Bonchev–Trinajstić information content (AvgIpc) is 3.37. The lowest BCUT2D eigenvalue weighted by Gasteiger charge is -2.30. The number of carbonyl (C=O) groups is 2. The molecule has 1 aliphatic heterocycles. The van der Waals surface area contributed by atoms with Crippen LogP contribution in [0.4, 0.5) is 0 Å². The van der Waals surface area contributed by atoms with E-state index in [-0.39, 0.29) is 18.1 Å². The molecule has 2 aromatic carbocycles. The number of benzene rings is 2. The van der Waals surface area contributed by atoms with Gasteiger partial charge < -0.3 is 15.2 Å². The van der Waals surface area contributed by atoms with Crippen molar-refractivity contribution < 1.29 is 19.4 Å². The molecule has 5 nitrogen and oxygen atoms in total. The summed E-state index contributed by atoms with van der Waals surface area (Å²) in [5.41, 5.74) is 3.33. The fourth-order valence-corrected chi connectivity index (χ4v) is 4.52. The van der Waals surface area contributed by atoms with E-state index in [0.29, 0.717) is 11.3 Å². The number of dihydropyridines is 1. The minimum Gasteiger partial charge on any atom is -0.478 e. The van der Waals surface area contributed by atoms with E-state index in [1.165, 1.54) is 0 Å². The number of hydrogen-bond acceptors (Lipinski definition) is 4. The first-order valence-electron chi connectivity index (χ1n) is 11.3. The molecule has 0 radical (unpaired) electrons. The molecule has 2 N–H and O–H groups in total. The Labute approximate surface area is 194 Å². The summed E-state index contributed by atoms with van der Waals surface area (Å²) in [6.45, 7) is 1.85. The second-order valence-corrected chi connectivity index (χ2v) is 8.41. The highest BCUT2D eigenvalue weighted by Crippen LogP contribution is 2.39. The van der Waals surface area contributed by atoms with Crippen LogP contribution in [0.15, 0.2) is 83.2 Å². The molecule has 5 heteroatoms. The molecule has 1 aliphatic carbocycles. The summed E-state index contributed by atoms with van der Waals surface area (Å²) in [5, 5.41) is 13.3. The van der Waals surface area contributed by atoms with Gasteiger partial charge in [-0.25, -0.2) is 9.59 Å². The van der Waals surface area contributed by atoms with Crippen LogP contribution in [-0.2, 0) is 20.9 Å². The summed E-state index contributed by atoms with van der Waals surface area (Å²) < 4.78 is 5.68.